The SMILES string of the molecule is CC(O)CCN(C)Cc1cc(N)ccc1O. The molecule has 0 amide bonds. The van der Waals surface area contributed by atoms with E-state index in [2.05, 4.69) is 0 Å². The molecule has 0 saturated carbocycles. The van der Waals surface area contributed by atoms with Gasteiger partial charge in [-0.05, 0) is 38.6 Å². The Morgan fingerprint density at radius 2 is 2.12 bits per heavy atom. The number of nitrogens with two attached hydrogens (primary N) is 1. The summed E-state index contributed by atoms with van der Waals surface area (Å²) in [5, 5.41) is 18.8. The molecule has 0 fully saturated rings. The maximum Gasteiger partial charge on any atom is 0.120 e. The number of nitrogen functional groups attached to an aromatic ring is 1. The number of hydrogen-bond donors (Lipinski definition) is 3. The van der Waals surface area contributed by atoms with Gasteiger partial charge in [-0.1, -0.05) is 0 Å². The number of rotatable bonds is 5. The zero-order chi connectivity index (χ0) is 12.1. The van der Waals surface area contributed by atoms with Crippen molar-refractivity contribution in [3.63, 3.8) is 0 Å². The summed E-state index contributed by atoms with van der Waals surface area (Å²) in [6, 6.07) is 5.05. The third-order valence-corrected chi connectivity index (χ3v) is 2.47. The summed E-state index contributed by atoms with van der Waals surface area (Å²) < 4.78 is 0. The number of anilines is 1. The van der Waals surface area contributed by atoms with Crippen LogP contribution in [-0.2, 0) is 6.54 Å². The fourth-order valence-electron chi connectivity index (χ4n) is 1.51. The molecule has 0 spiro atoms. The maximum atomic E-state index is 9.63. The highest BCUT2D eigenvalue weighted by Gasteiger charge is 2.06. The second-order valence-corrected chi connectivity index (χ2v) is 4.26. The van der Waals surface area contributed by atoms with Gasteiger partial charge >= 0.3 is 0 Å². The summed E-state index contributed by atoms with van der Waals surface area (Å²) in [5.74, 6) is 0.262. The molecule has 1 aromatic rings. The van der Waals surface area contributed by atoms with Crippen LogP contribution < -0.4 is 5.73 Å². The standard InChI is InChI=1S/C12H20N2O2/c1-9(15)5-6-14(2)8-10-7-11(13)3-4-12(10)16/h3-4,7,9,15-16H,5-6,8,13H2,1-2H3. The molecule has 4 nitrogen and oxygen atoms in total. The van der Waals surface area contributed by atoms with Crippen molar-refractivity contribution in [2.24, 2.45) is 0 Å². The Kier molecular flexibility index (Phi) is 4.58. The van der Waals surface area contributed by atoms with Crippen molar-refractivity contribution in [1.29, 1.82) is 0 Å². The summed E-state index contributed by atoms with van der Waals surface area (Å²) in [6.07, 6.45) is 0.427. The Morgan fingerprint density at radius 3 is 2.75 bits per heavy atom. The van der Waals surface area contributed by atoms with E-state index >= 15 is 0 Å². The first kappa shape index (κ1) is 12.8. The third-order valence-electron chi connectivity index (χ3n) is 2.47. The minimum atomic E-state index is -0.295. The normalized spacial score (nSPS) is 13.0. The van der Waals surface area contributed by atoms with Gasteiger partial charge in [0, 0.05) is 24.3 Å². The molecule has 0 aliphatic heterocycles. The maximum absolute atomic E-state index is 9.63. The van der Waals surface area contributed by atoms with Crippen LogP contribution in [-0.4, -0.2) is 34.8 Å². The van der Waals surface area contributed by atoms with Crippen molar-refractivity contribution < 1.29 is 10.2 Å². The number of aromatic hydroxyl groups is 1. The highest BCUT2D eigenvalue weighted by Crippen LogP contribution is 2.21. The molecule has 90 valence electrons. The number of benzene rings is 1. The van der Waals surface area contributed by atoms with Crippen LogP contribution in [0.15, 0.2) is 18.2 Å². The van der Waals surface area contributed by atoms with Gasteiger partial charge in [-0.25, -0.2) is 0 Å². The summed E-state index contributed by atoms with van der Waals surface area (Å²) in [7, 11) is 1.95. The van der Waals surface area contributed by atoms with Crippen LogP contribution in [0.4, 0.5) is 5.69 Å². The van der Waals surface area contributed by atoms with Gasteiger partial charge in [-0.15, -0.1) is 0 Å². The average molecular weight is 224 g/mol. The molecule has 1 rings (SSSR count). The van der Waals surface area contributed by atoms with E-state index in [1.165, 1.54) is 0 Å². The predicted molar refractivity (Wildman–Crippen MR) is 65.2 cm³/mol. The van der Waals surface area contributed by atoms with Crippen LogP contribution in [0.5, 0.6) is 5.75 Å². The molecular weight excluding hydrogens is 204 g/mol. The van der Waals surface area contributed by atoms with E-state index in [0.717, 1.165) is 18.5 Å². The van der Waals surface area contributed by atoms with E-state index < -0.39 is 0 Å². The monoisotopic (exact) mass is 224 g/mol. The lowest BCUT2D eigenvalue weighted by atomic mass is 10.1. The van der Waals surface area contributed by atoms with Crippen LogP contribution in [0, 0.1) is 0 Å². The van der Waals surface area contributed by atoms with E-state index in [-0.39, 0.29) is 11.9 Å². The number of nitrogens with zero attached hydrogens (tertiary/aromatic N) is 1. The molecule has 1 unspecified atom stereocenters. The second kappa shape index (κ2) is 5.72. The minimum absolute atomic E-state index is 0.262. The number of aliphatic hydroxyl groups excluding tert-OH is 1. The zero-order valence-electron chi connectivity index (χ0n) is 9.85. The Bertz CT molecular complexity index is 340. The van der Waals surface area contributed by atoms with Crippen molar-refractivity contribution in [3.05, 3.63) is 23.8 Å². The van der Waals surface area contributed by atoms with Gasteiger partial charge < -0.3 is 20.8 Å². The lowest BCUT2D eigenvalue weighted by Gasteiger charge is -2.18. The molecule has 0 aliphatic carbocycles. The van der Waals surface area contributed by atoms with E-state index in [9.17, 15) is 5.11 Å². The van der Waals surface area contributed by atoms with Crippen molar-refractivity contribution in [1.82, 2.24) is 4.90 Å². The molecule has 4 N–H and O–H groups in total. The zero-order valence-corrected chi connectivity index (χ0v) is 9.85. The van der Waals surface area contributed by atoms with E-state index in [1.807, 2.05) is 11.9 Å². The first-order chi connectivity index (χ1) is 7.49. The number of aliphatic hydroxyl groups is 1. The van der Waals surface area contributed by atoms with Gasteiger partial charge in [0.25, 0.3) is 0 Å². The lowest BCUT2D eigenvalue weighted by molar-refractivity contribution is 0.162. The van der Waals surface area contributed by atoms with Gasteiger partial charge in [0.1, 0.15) is 5.75 Å². The minimum Gasteiger partial charge on any atom is -0.508 e. The molecule has 0 aromatic heterocycles. The van der Waals surface area contributed by atoms with Crippen LogP contribution in [0.2, 0.25) is 0 Å². The molecule has 16 heavy (non-hydrogen) atoms. The fraction of sp³-hybridized carbons (Fsp3) is 0.500. The quantitative estimate of drug-likeness (QED) is 0.519. The highest BCUT2D eigenvalue weighted by molar-refractivity contribution is 5.47. The number of phenols is 1. The first-order valence-electron chi connectivity index (χ1n) is 5.43. The number of hydrogen-bond acceptors (Lipinski definition) is 4. The molecule has 0 saturated heterocycles. The van der Waals surface area contributed by atoms with E-state index in [1.54, 1.807) is 25.1 Å². The van der Waals surface area contributed by atoms with E-state index in [0.29, 0.717) is 12.2 Å². The van der Waals surface area contributed by atoms with Crippen LogP contribution in [0.1, 0.15) is 18.9 Å². The Labute approximate surface area is 96.3 Å². The van der Waals surface area contributed by atoms with Gasteiger partial charge in [-0.3, -0.25) is 0 Å². The average Bonchev–Trinajstić information content (AvgIpc) is 2.20. The van der Waals surface area contributed by atoms with Crippen molar-refractivity contribution >= 4 is 5.69 Å². The second-order valence-electron chi connectivity index (χ2n) is 4.26. The molecule has 1 atom stereocenters. The van der Waals surface area contributed by atoms with Crippen molar-refractivity contribution in [2.75, 3.05) is 19.3 Å². The number of phenolic OH excluding ortho intramolecular Hbond substituents is 1. The summed E-state index contributed by atoms with van der Waals surface area (Å²) in [4.78, 5) is 2.04. The molecule has 4 heteroatoms. The van der Waals surface area contributed by atoms with Crippen molar-refractivity contribution in [2.45, 2.75) is 26.0 Å². The predicted octanol–water partition coefficient (Wildman–Crippen LogP) is 1.18. The van der Waals surface area contributed by atoms with Crippen LogP contribution in [0.25, 0.3) is 0 Å². The van der Waals surface area contributed by atoms with Crippen LogP contribution >= 0.6 is 0 Å². The van der Waals surface area contributed by atoms with Crippen LogP contribution in [0.3, 0.4) is 0 Å². The van der Waals surface area contributed by atoms with Gasteiger partial charge in [-0.2, -0.15) is 0 Å². The molecule has 0 heterocycles. The van der Waals surface area contributed by atoms with Gasteiger partial charge in [0.2, 0.25) is 0 Å². The fourth-order valence-corrected chi connectivity index (χ4v) is 1.51. The van der Waals surface area contributed by atoms with E-state index in [4.69, 9.17) is 10.8 Å². The Morgan fingerprint density at radius 1 is 1.44 bits per heavy atom. The molecule has 0 aliphatic rings. The summed E-state index contributed by atoms with van der Waals surface area (Å²) in [5.41, 5.74) is 7.12. The molecular formula is C12H20N2O2. The molecule has 0 radical (unpaired) electrons. The Balaban J connectivity index is 2.55. The first-order valence-corrected chi connectivity index (χ1v) is 5.43. The Hall–Kier alpha value is -1.26. The van der Waals surface area contributed by atoms with Gasteiger partial charge in [0.05, 0.1) is 6.10 Å². The summed E-state index contributed by atoms with van der Waals surface area (Å²) >= 11 is 0. The third kappa shape index (κ3) is 4.08. The summed E-state index contributed by atoms with van der Waals surface area (Å²) in [6.45, 7) is 3.18. The van der Waals surface area contributed by atoms with Crippen molar-refractivity contribution in [3.8, 4) is 5.75 Å². The molecule has 1 aromatic carbocycles. The highest BCUT2D eigenvalue weighted by atomic mass is 16.3. The topological polar surface area (TPSA) is 69.7 Å². The lowest BCUT2D eigenvalue weighted by Crippen LogP contribution is -2.22. The molecule has 0 bridgehead atoms. The smallest absolute Gasteiger partial charge is 0.120 e. The van der Waals surface area contributed by atoms with Gasteiger partial charge in [0.15, 0.2) is 0 Å². The largest absolute Gasteiger partial charge is 0.508 e.